The SMILES string of the molecule is c1ccc(-c2cc(-c3cc(-c4ccc(-c5ccccc5)c(-c5ccccc5)c4)cc(-c4ccc(-c5ccccc5)c(-c5ccccc5)c4)c3)nc(-c3ccccc3-c3ccccc3)c2)cc1. The molecule has 0 saturated heterocycles. The van der Waals surface area contributed by atoms with Gasteiger partial charge in [-0.2, -0.15) is 0 Å². The Bertz CT molecular complexity index is 3270. The summed E-state index contributed by atoms with van der Waals surface area (Å²) in [5.41, 5.74) is 22.5. The normalized spacial score (nSPS) is 11.0. The first-order chi connectivity index (χ1) is 32.7. The summed E-state index contributed by atoms with van der Waals surface area (Å²) in [5, 5.41) is 0. The van der Waals surface area contributed by atoms with Gasteiger partial charge < -0.3 is 0 Å². The van der Waals surface area contributed by atoms with Crippen LogP contribution < -0.4 is 0 Å². The molecule has 1 heteroatoms. The molecule has 0 fully saturated rings. The third-order valence-corrected chi connectivity index (χ3v) is 12.5. The van der Waals surface area contributed by atoms with Crippen LogP contribution in [-0.4, -0.2) is 4.98 Å². The molecule has 0 aliphatic rings. The van der Waals surface area contributed by atoms with E-state index in [4.69, 9.17) is 4.98 Å². The Kier molecular flexibility index (Phi) is 11.1. The molecule has 0 unspecified atom stereocenters. The number of hydrogen-bond acceptors (Lipinski definition) is 1. The van der Waals surface area contributed by atoms with Crippen LogP contribution in [0.1, 0.15) is 0 Å². The van der Waals surface area contributed by atoms with Gasteiger partial charge in [-0.25, -0.2) is 4.98 Å². The molecule has 66 heavy (non-hydrogen) atoms. The zero-order valence-corrected chi connectivity index (χ0v) is 36.4. The highest BCUT2D eigenvalue weighted by atomic mass is 14.7. The topological polar surface area (TPSA) is 12.9 Å². The van der Waals surface area contributed by atoms with E-state index in [9.17, 15) is 0 Å². The van der Waals surface area contributed by atoms with Crippen molar-refractivity contribution < 1.29 is 0 Å². The van der Waals surface area contributed by atoms with Crippen molar-refractivity contribution in [3.63, 3.8) is 0 Å². The summed E-state index contributed by atoms with van der Waals surface area (Å²) in [5.74, 6) is 0. The van der Waals surface area contributed by atoms with Crippen molar-refractivity contribution in [2.24, 2.45) is 0 Å². The summed E-state index contributed by atoms with van der Waals surface area (Å²) < 4.78 is 0. The molecule has 11 rings (SSSR count). The standard InChI is InChI=1S/C65H45N/c1-7-21-46(22-8-1)56-44-64(66-65(45-56)61-34-20-19-33-58(61)47-23-9-2-10-24-47)57-40-54(52-35-37-59(48-25-11-3-12-26-48)62(42-52)50-29-15-5-16-30-50)39-55(41-57)53-36-38-60(49-27-13-4-14-28-49)63(43-53)51-31-17-6-18-32-51/h1-45H. The van der Waals surface area contributed by atoms with E-state index in [1.165, 1.54) is 44.5 Å². The first-order valence-corrected chi connectivity index (χ1v) is 22.6. The predicted molar refractivity (Wildman–Crippen MR) is 279 cm³/mol. The molecule has 1 heterocycles. The predicted octanol–water partition coefficient (Wildman–Crippen LogP) is 17.8. The molecule has 0 amide bonds. The Labute approximate surface area is 387 Å². The van der Waals surface area contributed by atoms with E-state index in [1.807, 2.05) is 0 Å². The van der Waals surface area contributed by atoms with Crippen LogP contribution in [0.5, 0.6) is 0 Å². The molecule has 310 valence electrons. The molecule has 11 aromatic rings. The van der Waals surface area contributed by atoms with Gasteiger partial charge in [-0.1, -0.05) is 231 Å². The van der Waals surface area contributed by atoms with Gasteiger partial charge in [0.25, 0.3) is 0 Å². The highest BCUT2D eigenvalue weighted by molar-refractivity contribution is 5.92. The molecular formula is C65H45N. The van der Waals surface area contributed by atoms with Gasteiger partial charge in [0, 0.05) is 11.1 Å². The maximum atomic E-state index is 5.59. The first kappa shape index (κ1) is 40.1. The van der Waals surface area contributed by atoms with Crippen LogP contribution in [0.25, 0.3) is 112 Å². The molecule has 10 aromatic carbocycles. The summed E-state index contributed by atoms with van der Waals surface area (Å²) in [6, 6.07) is 98.2. The second kappa shape index (κ2) is 18.2. The van der Waals surface area contributed by atoms with Crippen LogP contribution in [0.4, 0.5) is 0 Å². The summed E-state index contributed by atoms with van der Waals surface area (Å²) in [7, 11) is 0. The Morgan fingerprint density at radius 2 is 0.455 bits per heavy atom. The number of nitrogens with zero attached hydrogens (tertiary/aromatic N) is 1. The Morgan fingerprint density at radius 3 is 0.879 bits per heavy atom. The first-order valence-electron chi connectivity index (χ1n) is 22.6. The lowest BCUT2D eigenvalue weighted by Crippen LogP contribution is -1.95. The molecule has 0 saturated carbocycles. The van der Waals surface area contributed by atoms with E-state index in [2.05, 4.69) is 273 Å². The van der Waals surface area contributed by atoms with Crippen LogP contribution in [0.15, 0.2) is 273 Å². The van der Waals surface area contributed by atoms with Crippen molar-refractivity contribution in [3.8, 4) is 112 Å². The third kappa shape index (κ3) is 8.30. The van der Waals surface area contributed by atoms with E-state index >= 15 is 0 Å². The van der Waals surface area contributed by atoms with Crippen molar-refractivity contribution in [2.45, 2.75) is 0 Å². The molecule has 0 spiro atoms. The summed E-state index contributed by atoms with van der Waals surface area (Å²) >= 11 is 0. The van der Waals surface area contributed by atoms with Crippen LogP contribution in [-0.2, 0) is 0 Å². The van der Waals surface area contributed by atoms with Crippen molar-refractivity contribution >= 4 is 0 Å². The van der Waals surface area contributed by atoms with Crippen LogP contribution in [0, 0.1) is 0 Å². The van der Waals surface area contributed by atoms with Crippen molar-refractivity contribution in [2.75, 3.05) is 0 Å². The van der Waals surface area contributed by atoms with Gasteiger partial charge in [-0.05, 0) is 131 Å². The lowest BCUT2D eigenvalue weighted by atomic mass is 9.87. The van der Waals surface area contributed by atoms with Crippen LogP contribution in [0.2, 0.25) is 0 Å². The number of benzene rings is 10. The smallest absolute Gasteiger partial charge is 0.0721 e. The van der Waals surface area contributed by atoms with Gasteiger partial charge in [-0.3, -0.25) is 0 Å². The summed E-state index contributed by atoms with van der Waals surface area (Å²) in [6.45, 7) is 0. The number of aromatic nitrogens is 1. The highest BCUT2D eigenvalue weighted by Gasteiger charge is 2.18. The lowest BCUT2D eigenvalue weighted by molar-refractivity contribution is 1.32. The Morgan fingerprint density at radius 1 is 0.152 bits per heavy atom. The zero-order chi connectivity index (χ0) is 44.1. The van der Waals surface area contributed by atoms with Gasteiger partial charge >= 0.3 is 0 Å². The Balaban J connectivity index is 1.15. The fraction of sp³-hybridized carbons (Fsp3) is 0. The molecule has 0 aliphatic carbocycles. The minimum Gasteiger partial charge on any atom is -0.248 e. The average Bonchev–Trinajstić information content (AvgIpc) is 3.41. The van der Waals surface area contributed by atoms with Crippen molar-refractivity contribution in [1.29, 1.82) is 0 Å². The molecule has 1 nitrogen and oxygen atoms in total. The quantitative estimate of drug-likeness (QED) is 0.134. The molecule has 1 aromatic heterocycles. The van der Waals surface area contributed by atoms with Gasteiger partial charge in [0.1, 0.15) is 0 Å². The second-order valence-corrected chi connectivity index (χ2v) is 16.7. The van der Waals surface area contributed by atoms with Gasteiger partial charge in [0.15, 0.2) is 0 Å². The van der Waals surface area contributed by atoms with Crippen molar-refractivity contribution in [3.05, 3.63) is 273 Å². The summed E-state index contributed by atoms with van der Waals surface area (Å²) in [4.78, 5) is 5.59. The molecular weight excluding hydrogens is 795 g/mol. The van der Waals surface area contributed by atoms with Gasteiger partial charge in [0.2, 0.25) is 0 Å². The Hall–Kier alpha value is -8.65. The average molecular weight is 840 g/mol. The van der Waals surface area contributed by atoms with Crippen molar-refractivity contribution in [1.82, 2.24) is 4.98 Å². The second-order valence-electron chi connectivity index (χ2n) is 16.7. The highest BCUT2D eigenvalue weighted by Crippen LogP contribution is 2.42. The molecule has 0 radical (unpaired) electrons. The maximum absolute atomic E-state index is 5.59. The largest absolute Gasteiger partial charge is 0.248 e. The minimum atomic E-state index is 0.908. The molecule has 0 N–H and O–H groups in total. The van der Waals surface area contributed by atoms with Crippen LogP contribution >= 0.6 is 0 Å². The fourth-order valence-corrected chi connectivity index (χ4v) is 9.20. The lowest BCUT2D eigenvalue weighted by Gasteiger charge is -2.17. The van der Waals surface area contributed by atoms with Gasteiger partial charge in [0.05, 0.1) is 11.4 Å². The molecule has 0 aliphatic heterocycles. The summed E-state index contributed by atoms with van der Waals surface area (Å²) in [6.07, 6.45) is 0. The third-order valence-electron chi connectivity index (χ3n) is 12.5. The van der Waals surface area contributed by atoms with E-state index in [-0.39, 0.29) is 0 Å². The van der Waals surface area contributed by atoms with E-state index in [0.717, 1.165) is 67.0 Å². The number of pyridine rings is 1. The monoisotopic (exact) mass is 839 g/mol. The zero-order valence-electron chi connectivity index (χ0n) is 36.4. The number of rotatable bonds is 10. The van der Waals surface area contributed by atoms with Gasteiger partial charge in [-0.15, -0.1) is 0 Å². The molecule has 0 bridgehead atoms. The minimum absolute atomic E-state index is 0.908. The van der Waals surface area contributed by atoms with E-state index in [0.29, 0.717) is 0 Å². The van der Waals surface area contributed by atoms with E-state index in [1.54, 1.807) is 0 Å². The fourth-order valence-electron chi connectivity index (χ4n) is 9.20. The number of hydrogen-bond donors (Lipinski definition) is 0. The van der Waals surface area contributed by atoms with Crippen LogP contribution in [0.3, 0.4) is 0 Å². The maximum Gasteiger partial charge on any atom is 0.0721 e. The molecule has 0 atom stereocenters. The van der Waals surface area contributed by atoms with E-state index < -0.39 is 0 Å².